The molecule has 19 heavy (non-hydrogen) atoms. The van der Waals surface area contributed by atoms with Gasteiger partial charge in [-0.3, -0.25) is 0 Å². The fraction of sp³-hybridized carbons (Fsp3) is 0.333. The van der Waals surface area contributed by atoms with Gasteiger partial charge in [-0.05, 0) is 36.8 Å². The van der Waals surface area contributed by atoms with Crippen LogP contribution < -0.4 is 16.4 Å². The summed E-state index contributed by atoms with van der Waals surface area (Å²) in [5.74, 6) is 0.296. The molecule has 0 spiro atoms. The van der Waals surface area contributed by atoms with Crippen LogP contribution in [-0.2, 0) is 0 Å². The first-order chi connectivity index (χ1) is 9.16. The summed E-state index contributed by atoms with van der Waals surface area (Å²) in [6.45, 7) is 1.99. The summed E-state index contributed by atoms with van der Waals surface area (Å²) in [6.07, 6.45) is 7.05. The first-order valence-corrected chi connectivity index (χ1v) is 6.57. The molecule has 2 aliphatic rings. The Hall–Kier alpha value is -1.65. The summed E-state index contributed by atoms with van der Waals surface area (Å²) in [4.78, 5) is 0. The largest absolute Gasteiger partial charge is 0.356 e. The molecule has 1 aromatic carbocycles. The number of anilines is 1. The summed E-state index contributed by atoms with van der Waals surface area (Å²) in [6, 6.07) is 6.35. The molecule has 1 fully saturated rings. The van der Waals surface area contributed by atoms with Gasteiger partial charge in [-0.25, -0.2) is 4.39 Å². The first kappa shape index (κ1) is 12.4. The van der Waals surface area contributed by atoms with E-state index in [-0.39, 0.29) is 11.4 Å². The monoisotopic (exact) mass is 259 g/mol. The van der Waals surface area contributed by atoms with Gasteiger partial charge in [0.2, 0.25) is 0 Å². The molecule has 1 heterocycles. The third kappa shape index (κ3) is 2.55. The summed E-state index contributed by atoms with van der Waals surface area (Å²) in [5.41, 5.74) is 8.06. The Morgan fingerprint density at radius 2 is 2.00 bits per heavy atom. The lowest BCUT2D eigenvalue weighted by Gasteiger charge is -2.42. The second-order valence-electron chi connectivity index (χ2n) is 5.30. The quantitative estimate of drug-likeness (QED) is 0.778. The number of halogens is 1. The predicted molar refractivity (Wildman–Crippen MR) is 75.1 cm³/mol. The van der Waals surface area contributed by atoms with E-state index in [0.29, 0.717) is 5.92 Å². The van der Waals surface area contributed by atoms with Crippen LogP contribution in [0, 0.1) is 11.7 Å². The van der Waals surface area contributed by atoms with Gasteiger partial charge in [-0.2, -0.15) is 0 Å². The number of hydrogen-bond donors (Lipinski definition) is 3. The van der Waals surface area contributed by atoms with Crippen LogP contribution in [0.4, 0.5) is 10.1 Å². The second kappa shape index (κ2) is 4.79. The maximum atomic E-state index is 12.8. The van der Waals surface area contributed by atoms with Crippen molar-refractivity contribution in [3.63, 3.8) is 0 Å². The zero-order valence-corrected chi connectivity index (χ0v) is 10.7. The molecule has 1 saturated heterocycles. The first-order valence-electron chi connectivity index (χ1n) is 6.57. The molecule has 1 aliphatic carbocycles. The van der Waals surface area contributed by atoms with Crippen molar-refractivity contribution in [1.29, 1.82) is 0 Å². The lowest BCUT2D eigenvalue weighted by atomic mass is 9.76. The van der Waals surface area contributed by atoms with Crippen molar-refractivity contribution in [1.82, 2.24) is 5.32 Å². The van der Waals surface area contributed by atoms with Gasteiger partial charge in [0.05, 0.1) is 0 Å². The summed E-state index contributed by atoms with van der Waals surface area (Å²) < 4.78 is 12.8. The van der Waals surface area contributed by atoms with Crippen molar-refractivity contribution < 1.29 is 4.39 Å². The van der Waals surface area contributed by atoms with E-state index in [1.807, 2.05) is 6.08 Å². The van der Waals surface area contributed by atoms with Gasteiger partial charge >= 0.3 is 0 Å². The minimum absolute atomic E-state index is 0.223. The number of benzene rings is 1. The van der Waals surface area contributed by atoms with E-state index in [1.165, 1.54) is 12.1 Å². The van der Waals surface area contributed by atoms with Crippen molar-refractivity contribution in [2.24, 2.45) is 11.7 Å². The maximum absolute atomic E-state index is 12.8. The molecule has 4 N–H and O–H groups in total. The molecular weight excluding hydrogens is 241 g/mol. The van der Waals surface area contributed by atoms with Crippen LogP contribution in [0.3, 0.4) is 0 Å². The third-order valence-corrected chi connectivity index (χ3v) is 3.92. The number of hydrogen-bond acceptors (Lipinski definition) is 3. The van der Waals surface area contributed by atoms with Gasteiger partial charge < -0.3 is 16.4 Å². The van der Waals surface area contributed by atoms with E-state index < -0.39 is 0 Å². The standard InChI is InChI=1S/C15H18FN3/c16-12-1-3-13(4-2-12)19-14-5-7-15(17,8-6-14)11-9-18-10-11/h1-7,11,18-19H,8-10,17H2. The molecule has 100 valence electrons. The van der Waals surface area contributed by atoms with Crippen LogP contribution in [0.1, 0.15) is 6.42 Å². The Bertz CT molecular complexity index is 517. The number of allylic oxidation sites excluding steroid dienone is 1. The van der Waals surface area contributed by atoms with Gasteiger partial charge in [-0.15, -0.1) is 0 Å². The molecule has 0 radical (unpaired) electrons. The minimum atomic E-state index is -0.225. The molecule has 0 aromatic heterocycles. The van der Waals surface area contributed by atoms with E-state index in [2.05, 4.69) is 22.8 Å². The van der Waals surface area contributed by atoms with E-state index in [9.17, 15) is 4.39 Å². The summed E-state index contributed by atoms with van der Waals surface area (Å²) in [7, 11) is 0. The molecule has 4 heteroatoms. The Labute approximate surface area is 112 Å². The van der Waals surface area contributed by atoms with Crippen LogP contribution in [0.25, 0.3) is 0 Å². The Kier molecular flexibility index (Phi) is 3.12. The van der Waals surface area contributed by atoms with Gasteiger partial charge in [0, 0.05) is 35.9 Å². The lowest BCUT2D eigenvalue weighted by Crippen LogP contribution is -2.59. The zero-order chi connectivity index (χ0) is 13.3. The van der Waals surface area contributed by atoms with Crippen LogP contribution in [-0.4, -0.2) is 18.6 Å². The zero-order valence-electron chi connectivity index (χ0n) is 10.7. The van der Waals surface area contributed by atoms with E-state index in [1.54, 1.807) is 12.1 Å². The van der Waals surface area contributed by atoms with Crippen LogP contribution in [0.15, 0.2) is 48.2 Å². The maximum Gasteiger partial charge on any atom is 0.123 e. The highest BCUT2D eigenvalue weighted by atomic mass is 19.1. The van der Waals surface area contributed by atoms with Crippen molar-refractivity contribution in [3.8, 4) is 0 Å². The van der Waals surface area contributed by atoms with Crippen LogP contribution in [0.5, 0.6) is 0 Å². The second-order valence-corrected chi connectivity index (χ2v) is 5.30. The Balaban J connectivity index is 1.65. The van der Waals surface area contributed by atoms with E-state index in [0.717, 1.165) is 30.9 Å². The summed E-state index contributed by atoms with van der Waals surface area (Å²) in [5, 5.41) is 6.51. The highest BCUT2D eigenvalue weighted by Crippen LogP contribution is 2.29. The fourth-order valence-corrected chi connectivity index (χ4v) is 2.43. The van der Waals surface area contributed by atoms with Gasteiger partial charge in [0.1, 0.15) is 5.82 Å². The molecule has 3 rings (SSSR count). The molecule has 1 unspecified atom stereocenters. The molecule has 1 aromatic rings. The number of rotatable bonds is 3. The van der Waals surface area contributed by atoms with Crippen LogP contribution >= 0.6 is 0 Å². The highest BCUT2D eigenvalue weighted by Gasteiger charge is 2.36. The van der Waals surface area contributed by atoms with Crippen molar-refractivity contribution >= 4 is 5.69 Å². The third-order valence-electron chi connectivity index (χ3n) is 3.92. The van der Waals surface area contributed by atoms with Crippen LogP contribution in [0.2, 0.25) is 0 Å². The lowest BCUT2D eigenvalue weighted by molar-refractivity contribution is 0.234. The molecular formula is C15H18FN3. The topological polar surface area (TPSA) is 50.1 Å². The average molecular weight is 259 g/mol. The van der Waals surface area contributed by atoms with Crippen molar-refractivity contribution in [3.05, 3.63) is 54.0 Å². The van der Waals surface area contributed by atoms with E-state index >= 15 is 0 Å². The van der Waals surface area contributed by atoms with E-state index in [4.69, 9.17) is 5.73 Å². The minimum Gasteiger partial charge on any atom is -0.356 e. The Morgan fingerprint density at radius 1 is 1.26 bits per heavy atom. The van der Waals surface area contributed by atoms with Gasteiger partial charge in [-0.1, -0.05) is 12.2 Å². The summed E-state index contributed by atoms with van der Waals surface area (Å²) >= 11 is 0. The molecule has 0 saturated carbocycles. The van der Waals surface area contributed by atoms with Gasteiger partial charge in [0.25, 0.3) is 0 Å². The number of nitrogens with two attached hydrogens (primary N) is 1. The molecule has 1 atom stereocenters. The SMILES string of the molecule is NC1(C2CNC2)C=CC(Nc2ccc(F)cc2)=CC1. The smallest absolute Gasteiger partial charge is 0.123 e. The Morgan fingerprint density at radius 3 is 2.53 bits per heavy atom. The van der Waals surface area contributed by atoms with Gasteiger partial charge in [0.15, 0.2) is 0 Å². The molecule has 0 amide bonds. The number of nitrogens with one attached hydrogen (secondary N) is 2. The normalized spacial score (nSPS) is 26.7. The highest BCUT2D eigenvalue weighted by molar-refractivity contribution is 5.52. The van der Waals surface area contributed by atoms with Crippen molar-refractivity contribution in [2.75, 3.05) is 18.4 Å². The fourth-order valence-electron chi connectivity index (χ4n) is 2.43. The predicted octanol–water partition coefficient (Wildman–Crippen LogP) is 2.00. The average Bonchev–Trinajstić information content (AvgIpc) is 2.33. The van der Waals surface area contributed by atoms with Crippen molar-refractivity contribution in [2.45, 2.75) is 12.0 Å². The molecule has 0 bridgehead atoms. The molecule has 3 nitrogen and oxygen atoms in total. The molecule has 1 aliphatic heterocycles.